The summed E-state index contributed by atoms with van der Waals surface area (Å²) in [7, 11) is 2.01. The van der Waals surface area contributed by atoms with Crippen LogP contribution in [0.15, 0.2) is 12.4 Å². The van der Waals surface area contributed by atoms with Crippen molar-refractivity contribution < 1.29 is 14.3 Å². The van der Waals surface area contributed by atoms with E-state index >= 15 is 0 Å². The van der Waals surface area contributed by atoms with E-state index in [0.717, 1.165) is 38.5 Å². The number of imidazole rings is 1. The lowest BCUT2D eigenvalue weighted by atomic mass is 9.88. The first-order valence-corrected chi connectivity index (χ1v) is 10.7. The van der Waals surface area contributed by atoms with Gasteiger partial charge in [-0.15, -0.1) is 0 Å². The molecule has 2 amide bonds. The summed E-state index contributed by atoms with van der Waals surface area (Å²) in [5, 5.41) is 3.32. The van der Waals surface area contributed by atoms with Gasteiger partial charge in [-0.1, -0.05) is 0 Å². The number of aryl methyl sites for hydroxylation is 1. The molecule has 2 unspecified atom stereocenters. The van der Waals surface area contributed by atoms with Crippen LogP contribution in [0.1, 0.15) is 12.2 Å². The second-order valence-electron chi connectivity index (χ2n) is 8.28. The van der Waals surface area contributed by atoms with E-state index in [4.69, 9.17) is 4.74 Å². The third kappa shape index (κ3) is 4.79. The summed E-state index contributed by atoms with van der Waals surface area (Å²) in [4.78, 5) is 36.5. The fraction of sp³-hybridized carbons (Fsp3) is 0.750. The van der Waals surface area contributed by atoms with Gasteiger partial charge in [0.15, 0.2) is 0 Å². The molecule has 9 heteroatoms. The van der Waals surface area contributed by atoms with Crippen molar-refractivity contribution in [3.63, 3.8) is 0 Å². The standard InChI is InChI=1S/C20H32N6O3/c1-23-3-2-22-18(23)15-24-4-6-25(7-5-24)19(27)16-12-17(14-21-13-16)20(28)26-8-10-29-11-9-26/h2-3,16-17,21H,4-15H2,1H3. The molecule has 160 valence electrons. The predicted octanol–water partition coefficient (Wildman–Crippen LogP) is -0.851. The lowest BCUT2D eigenvalue weighted by molar-refractivity contribution is -0.143. The van der Waals surface area contributed by atoms with Crippen LogP contribution in [-0.4, -0.2) is 102 Å². The van der Waals surface area contributed by atoms with Gasteiger partial charge >= 0.3 is 0 Å². The lowest BCUT2D eigenvalue weighted by Gasteiger charge is -2.39. The molecule has 0 aromatic carbocycles. The Morgan fingerprint density at radius 2 is 1.66 bits per heavy atom. The summed E-state index contributed by atoms with van der Waals surface area (Å²) in [6.45, 7) is 7.86. The van der Waals surface area contributed by atoms with Gasteiger partial charge in [0.1, 0.15) is 5.82 Å². The predicted molar refractivity (Wildman–Crippen MR) is 107 cm³/mol. The van der Waals surface area contributed by atoms with E-state index < -0.39 is 0 Å². The number of ether oxygens (including phenoxy) is 1. The van der Waals surface area contributed by atoms with Gasteiger partial charge in [0.05, 0.1) is 31.6 Å². The van der Waals surface area contributed by atoms with E-state index in [9.17, 15) is 9.59 Å². The maximum Gasteiger partial charge on any atom is 0.227 e. The minimum atomic E-state index is -0.111. The fourth-order valence-corrected chi connectivity index (χ4v) is 4.49. The van der Waals surface area contributed by atoms with Crippen LogP contribution in [0.5, 0.6) is 0 Å². The minimum Gasteiger partial charge on any atom is -0.378 e. The normalized spacial score (nSPS) is 26.5. The third-order valence-corrected chi connectivity index (χ3v) is 6.34. The molecule has 0 aliphatic carbocycles. The summed E-state index contributed by atoms with van der Waals surface area (Å²) in [6, 6.07) is 0. The van der Waals surface area contributed by atoms with Gasteiger partial charge in [0, 0.05) is 71.8 Å². The van der Waals surface area contributed by atoms with Crippen molar-refractivity contribution in [3.05, 3.63) is 18.2 Å². The van der Waals surface area contributed by atoms with Gasteiger partial charge in [0.25, 0.3) is 0 Å². The molecule has 1 aromatic heterocycles. The second-order valence-corrected chi connectivity index (χ2v) is 8.28. The van der Waals surface area contributed by atoms with Crippen molar-refractivity contribution in [3.8, 4) is 0 Å². The largest absolute Gasteiger partial charge is 0.378 e. The highest BCUT2D eigenvalue weighted by Crippen LogP contribution is 2.22. The van der Waals surface area contributed by atoms with Crippen LogP contribution < -0.4 is 5.32 Å². The van der Waals surface area contributed by atoms with Crippen LogP contribution in [0, 0.1) is 11.8 Å². The maximum atomic E-state index is 13.1. The van der Waals surface area contributed by atoms with Crippen molar-refractivity contribution in [1.29, 1.82) is 0 Å². The quantitative estimate of drug-likeness (QED) is 0.704. The Labute approximate surface area is 172 Å². The molecule has 9 nitrogen and oxygen atoms in total. The van der Waals surface area contributed by atoms with Gasteiger partial charge in [-0.05, 0) is 6.42 Å². The zero-order valence-corrected chi connectivity index (χ0v) is 17.3. The first kappa shape index (κ1) is 20.3. The van der Waals surface area contributed by atoms with E-state index in [1.165, 1.54) is 0 Å². The van der Waals surface area contributed by atoms with Crippen LogP contribution >= 0.6 is 0 Å². The van der Waals surface area contributed by atoms with Crippen molar-refractivity contribution in [2.75, 3.05) is 65.6 Å². The number of hydrogen-bond donors (Lipinski definition) is 1. The molecule has 0 bridgehead atoms. The summed E-state index contributed by atoms with van der Waals surface area (Å²) < 4.78 is 7.38. The molecule has 4 rings (SSSR count). The van der Waals surface area contributed by atoms with E-state index in [2.05, 4.69) is 15.2 Å². The van der Waals surface area contributed by atoms with Crippen LogP contribution in [0.4, 0.5) is 0 Å². The van der Waals surface area contributed by atoms with Crippen molar-refractivity contribution in [2.45, 2.75) is 13.0 Å². The SMILES string of the molecule is Cn1ccnc1CN1CCN(C(=O)C2CNCC(C(=O)N3CCOCC3)C2)CC1. The monoisotopic (exact) mass is 404 g/mol. The van der Waals surface area contributed by atoms with Gasteiger partial charge < -0.3 is 24.4 Å². The molecule has 1 N–H and O–H groups in total. The molecule has 0 spiro atoms. The number of nitrogens with zero attached hydrogens (tertiary/aromatic N) is 5. The zero-order chi connectivity index (χ0) is 20.2. The second kappa shape index (κ2) is 9.23. The lowest BCUT2D eigenvalue weighted by Crippen LogP contribution is -2.54. The van der Waals surface area contributed by atoms with Crippen LogP contribution in [0.2, 0.25) is 0 Å². The van der Waals surface area contributed by atoms with E-state index in [1.54, 1.807) is 0 Å². The summed E-state index contributed by atoms with van der Waals surface area (Å²) >= 11 is 0. The number of amides is 2. The van der Waals surface area contributed by atoms with E-state index in [0.29, 0.717) is 45.8 Å². The van der Waals surface area contributed by atoms with Gasteiger partial charge in [-0.2, -0.15) is 0 Å². The Morgan fingerprint density at radius 1 is 1.03 bits per heavy atom. The van der Waals surface area contributed by atoms with Crippen LogP contribution in [0.25, 0.3) is 0 Å². The zero-order valence-electron chi connectivity index (χ0n) is 17.3. The summed E-state index contributed by atoms with van der Waals surface area (Å²) in [5.41, 5.74) is 0. The summed E-state index contributed by atoms with van der Waals surface area (Å²) in [5.74, 6) is 1.18. The molecular weight excluding hydrogens is 372 g/mol. The van der Waals surface area contributed by atoms with Gasteiger partial charge in [-0.25, -0.2) is 4.98 Å². The number of nitrogens with one attached hydrogen (secondary N) is 1. The van der Waals surface area contributed by atoms with Crippen molar-refractivity contribution in [2.24, 2.45) is 18.9 Å². The van der Waals surface area contributed by atoms with E-state index in [-0.39, 0.29) is 23.7 Å². The number of rotatable bonds is 4. The van der Waals surface area contributed by atoms with Crippen molar-refractivity contribution >= 4 is 11.8 Å². The number of hydrogen-bond acceptors (Lipinski definition) is 6. The highest BCUT2D eigenvalue weighted by molar-refractivity contribution is 5.83. The number of piperidine rings is 1. The molecule has 0 radical (unpaired) electrons. The number of carbonyl (C=O) groups excluding carboxylic acids is 2. The molecule has 0 saturated carbocycles. The number of aromatic nitrogens is 2. The smallest absolute Gasteiger partial charge is 0.227 e. The molecule has 3 aliphatic heterocycles. The third-order valence-electron chi connectivity index (χ3n) is 6.34. The molecule has 29 heavy (non-hydrogen) atoms. The highest BCUT2D eigenvalue weighted by Gasteiger charge is 2.36. The Bertz CT molecular complexity index is 709. The van der Waals surface area contributed by atoms with Gasteiger partial charge in [-0.3, -0.25) is 14.5 Å². The Kier molecular flexibility index (Phi) is 6.46. The molecule has 4 heterocycles. The molecular formula is C20H32N6O3. The topological polar surface area (TPSA) is 82.9 Å². The van der Waals surface area contributed by atoms with E-state index in [1.807, 2.05) is 33.8 Å². The Morgan fingerprint density at radius 3 is 2.24 bits per heavy atom. The minimum absolute atomic E-state index is 0.111. The summed E-state index contributed by atoms with van der Waals surface area (Å²) in [6.07, 6.45) is 4.43. The fourth-order valence-electron chi connectivity index (χ4n) is 4.49. The van der Waals surface area contributed by atoms with Crippen molar-refractivity contribution in [1.82, 2.24) is 29.6 Å². The average molecular weight is 405 g/mol. The first-order valence-electron chi connectivity index (χ1n) is 10.7. The molecule has 3 fully saturated rings. The van der Waals surface area contributed by atoms with Crippen LogP contribution in [-0.2, 0) is 27.9 Å². The highest BCUT2D eigenvalue weighted by atomic mass is 16.5. The molecule has 2 atom stereocenters. The Hall–Kier alpha value is -1.97. The molecule has 3 saturated heterocycles. The molecule has 3 aliphatic rings. The molecule has 1 aromatic rings. The Balaban J connectivity index is 1.27. The van der Waals surface area contributed by atoms with Crippen LogP contribution in [0.3, 0.4) is 0 Å². The first-order chi connectivity index (χ1) is 14.1. The number of carbonyl (C=O) groups is 2. The average Bonchev–Trinajstić information content (AvgIpc) is 3.18. The number of morpholine rings is 1. The number of piperazine rings is 1. The van der Waals surface area contributed by atoms with Gasteiger partial charge in [0.2, 0.25) is 11.8 Å². The maximum absolute atomic E-state index is 13.1.